The number of carbonyl (C=O) groups is 1. The third kappa shape index (κ3) is 3.12. The van der Waals surface area contributed by atoms with E-state index in [4.69, 9.17) is 4.74 Å². The van der Waals surface area contributed by atoms with Crippen LogP contribution in [0.25, 0.3) is 0 Å². The molecule has 2 aromatic rings. The zero-order valence-electron chi connectivity index (χ0n) is 14.7. The number of rotatable bonds is 3. The summed E-state index contributed by atoms with van der Waals surface area (Å²) >= 11 is 0. The van der Waals surface area contributed by atoms with E-state index in [1.165, 1.54) is 0 Å². The van der Waals surface area contributed by atoms with E-state index in [1.807, 2.05) is 50.3 Å². The average molecular weight is 338 g/mol. The van der Waals surface area contributed by atoms with Crippen molar-refractivity contribution in [2.24, 2.45) is 0 Å². The van der Waals surface area contributed by atoms with Crippen molar-refractivity contribution in [3.63, 3.8) is 0 Å². The van der Waals surface area contributed by atoms with Crippen molar-refractivity contribution in [3.05, 3.63) is 64.2 Å². The van der Waals surface area contributed by atoms with E-state index in [1.54, 1.807) is 6.92 Å². The Bertz CT molecular complexity index is 846. The smallest absolute Gasteiger partial charge is 0.174 e. The quantitative estimate of drug-likeness (QED) is 0.801. The molecule has 0 unspecified atom stereocenters. The molecule has 0 radical (unpaired) electrons. The summed E-state index contributed by atoms with van der Waals surface area (Å²) in [4.78, 5) is 12.7. The van der Waals surface area contributed by atoms with Gasteiger partial charge in [0.15, 0.2) is 5.78 Å². The third-order valence-corrected chi connectivity index (χ3v) is 4.53. The van der Waals surface area contributed by atoms with Gasteiger partial charge in [0.05, 0.1) is 6.42 Å². The average Bonchev–Trinajstić information content (AvgIpc) is 2.59. The molecule has 0 amide bonds. The van der Waals surface area contributed by atoms with E-state index in [2.05, 4.69) is 0 Å². The second-order valence-electron chi connectivity index (χ2n) is 6.63. The van der Waals surface area contributed by atoms with Crippen LogP contribution in [-0.2, 0) is 6.42 Å². The van der Waals surface area contributed by atoms with Crippen LogP contribution >= 0.6 is 0 Å². The van der Waals surface area contributed by atoms with Gasteiger partial charge in [-0.2, -0.15) is 0 Å². The molecule has 4 nitrogen and oxygen atoms in total. The second kappa shape index (κ2) is 6.63. The number of ketones is 1. The van der Waals surface area contributed by atoms with Crippen LogP contribution in [-0.4, -0.2) is 16.0 Å². The van der Waals surface area contributed by atoms with Gasteiger partial charge in [-0.05, 0) is 32.8 Å². The molecule has 0 spiro atoms. The van der Waals surface area contributed by atoms with Gasteiger partial charge in [0.1, 0.15) is 28.9 Å². The Morgan fingerprint density at radius 2 is 1.88 bits per heavy atom. The van der Waals surface area contributed by atoms with Crippen molar-refractivity contribution in [2.45, 2.75) is 39.7 Å². The Hall–Kier alpha value is -2.75. The van der Waals surface area contributed by atoms with E-state index in [9.17, 15) is 15.0 Å². The van der Waals surface area contributed by atoms with E-state index in [-0.39, 0.29) is 29.3 Å². The van der Waals surface area contributed by atoms with Crippen LogP contribution in [0.5, 0.6) is 17.2 Å². The normalized spacial score (nSPS) is 16.1. The fourth-order valence-electron chi connectivity index (χ4n) is 3.08. The summed E-state index contributed by atoms with van der Waals surface area (Å²) in [5, 5.41) is 20.9. The molecule has 1 aliphatic heterocycles. The number of Topliss-reactive ketones (excluding diaryl/α,β-unsaturated/α-hetero) is 1. The van der Waals surface area contributed by atoms with Crippen LogP contribution in [0.15, 0.2) is 42.0 Å². The first-order valence-corrected chi connectivity index (χ1v) is 8.35. The largest absolute Gasteiger partial charge is 0.507 e. The zero-order valence-corrected chi connectivity index (χ0v) is 14.7. The molecule has 0 saturated carbocycles. The lowest BCUT2D eigenvalue weighted by molar-refractivity contribution is 0.0842. The van der Waals surface area contributed by atoms with Gasteiger partial charge in [-0.3, -0.25) is 4.79 Å². The van der Waals surface area contributed by atoms with Crippen LogP contribution in [0, 0.1) is 6.92 Å². The Balaban J connectivity index is 2.14. The highest BCUT2D eigenvalue weighted by Gasteiger charge is 2.34. The molecule has 0 saturated heterocycles. The number of phenols is 2. The minimum absolute atomic E-state index is 0.0183. The number of benzene rings is 2. The number of ether oxygens (including phenoxy) is 1. The van der Waals surface area contributed by atoms with Crippen molar-refractivity contribution >= 4 is 5.78 Å². The van der Waals surface area contributed by atoms with Crippen LogP contribution in [0.3, 0.4) is 0 Å². The number of carbonyl (C=O) groups excluding carboxylic acids is 1. The highest BCUT2D eigenvalue weighted by molar-refractivity contribution is 6.04. The summed E-state index contributed by atoms with van der Waals surface area (Å²) in [5.41, 5.74) is 3.03. The van der Waals surface area contributed by atoms with Gasteiger partial charge in [-0.25, -0.2) is 0 Å². The minimum atomic E-state index is -0.423. The Morgan fingerprint density at radius 1 is 1.20 bits per heavy atom. The van der Waals surface area contributed by atoms with Crippen molar-refractivity contribution in [3.8, 4) is 17.2 Å². The fraction of sp³-hybridized carbons (Fsp3) is 0.286. The first-order chi connectivity index (χ1) is 11.9. The van der Waals surface area contributed by atoms with Gasteiger partial charge in [-0.15, -0.1) is 0 Å². The van der Waals surface area contributed by atoms with Crippen LogP contribution < -0.4 is 4.74 Å². The predicted molar refractivity (Wildman–Crippen MR) is 96.4 cm³/mol. The van der Waals surface area contributed by atoms with E-state index >= 15 is 0 Å². The zero-order chi connectivity index (χ0) is 18.1. The summed E-state index contributed by atoms with van der Waals surface area (Å²) in [7, 11) is 0. The van der Waals surface area contributed by atoms with Crippen LogP contribution in [0.4, 0.5) is 0 Å². The molecule has 1 aliphatic rings. The van der Waals surface area contributed by atoms with Crippen molar-refractivity contribution in [1.82, 2.24) is 0 Å². The number of phenolic OH excluding ortho intramolecular Hbond substituents is 2. The fourth-order valence-corrected chi connectivity index (χ4v) is 3.08. The van der Waals surface area contributed by atoms with Gasteiger partial charge < -0.3 is 14.9 Å². The molecule has 0 bridgehead atoms. The lowest BCUT2D eigenvalue weighted by Gasteiger charge is -2.29. The molecule has 1 atom stereocenters. The highest BCUT2D eigenvalue weighted by Crippen LogP contribution is 2.47. The van der Waals surface area contributed by atoms with Crippen molar-refractivity contribution in [1.29, 1.82) is 0 Å². The summed E-state index contributed by atoms with van der Waals surface area (Å²) in [6.45, 7) is 5.54. The summed E-state index contributed by atoms with van der Waals surface area (Å²) in [5.74, 6) is -0.0856. The lowest BCUT2D eigenvalue weighted by Crippen LogP contribution is -2.22. The summed E-state index contributed by atoms with van der Waals surface area (Å²) < 4.78 is 6.10. The Labute approximate surface area is 147 Å². The maximum Gasteiger partial charge on any atom is 0.174 e. The summed E-state index contributed by atoms with van der Waals surface area (Å²) in [6, 6.07) is 9.52. The third-order valence-electron chi connectivity index (χ3n) is 4.53. The summed E-state index contributed by atoms with van der Waals surface area (Å²) in [6.07, 6.45) is 2.14. The van der Waals surface area contributed by atoms with Crippen molar-refractivity contribution < 1.29 is 19.7 Å². The first-order valence-electron chi connectivity index (χ1n) is 8.35. The van der Waals surface area contributed by atoms with Gasteiger partial charge >= 0.3 is 0 Å². The highest BCUT2D eigenvalue weighted by atomic mass is 16.5. The molecular weight excluding hydrogens is 316 g/mol. The standard InChI is InChI=1S/C21H22O4/c1-12(2)9-10-15-19(23)13(3)20(24)18-16(22)11-17(25-21(15)18)14-7-5-4-6-8-14/h4-9,17,23-24H,10-11H2,1-3H3/t17-/m0/s1. The lowest BCUT2D eigenvalue weighted by atomic mass is 9.90. The first kappa shape index (κ1) is 17.1. The maximum absolute atomic E-state index is 12.7. The molecule has 2 aromatic carbocycles. The molecule has 0 fully saturated rings. The number of hydrogen-bond acceptors (Lipinski definition) is 4. The number of allylic oxidation sites excluding steroid dienone is 2. The Kier molecular flexibility index (Phi) is 4.53. The monoisotopic (exact) mass is 338 g/mol. The SMILES string of the molecule is CC(C)=CCc1c(O)c(C)c(O)c2c1O[C@H](c1ccccc1)CC2=O. The molecule has 1 heterocycles. The molecule has 130 valence electrons. The molecule has 0 aliphatic carbocycles. The van der Waals surface area contributed by atoms with Gasteiger partial charge in [-0.1, -0.05) is 42.0 Å². The molecule has 2 N–H and O–H groups in total. The van der Waals surface area contributed by atoms with E-state index < -0.39 is 6.10 Å². The van der Waals surface area contributed by atoms with E-state index in [0.29, 0.717) is 23.3 Å². The molecule has 4 heteroatoms. The molecule has 0 aromatic heterocycles. The van der Waals surface area contributed by atoms with Gasteiger partial charge in [0.25, 0.3) is 0 Å². The second-order valence-corrected chi connectivity index (χ2v) is 6.63. The van der Waals surface area contributed by atoms with Crippen molar-refractivity contribution in [2.75, 3.05) is 0 Å². The van der Waals surface area contributed by atoms with Crippen LogP contribution in [0.1, 0.15) is 53.4 Å². The maximum atomic E-state index is 12.7. The Morgan fingerprint density at radius 3 is 2.52 bits per heavy atom. The minimum Gasteiger partial charge on any atom is -0.507 e. The topological polar surface area (TPSA) is 66.8 Å². The number of aromatic hydroxyl groups is 2. The van der Waals surface area contributed by atoms with E-state index in [0.717, 1.165) is 11.1 Å². The number of fused-ring (bicyclic) bond motifs is 1. The predicted octanol–water partition coefficient (Wildman–Crippen LogP) is 4.62. The van der Waals surface area contributed by atoms with Gasteiger partial charge in [0, 0.05) is 11.1 Å². The van der Waals surface area contributed by atoms with Crippen LogP contribution in [0.2, 0.25) is 0 Å². The number of hydrogen-bond donors (Lipinski definition) is 2. The molecule has 3 rings (SSSR count). The molecule has 25 heavy (non-hydrogen) atoms. The van der Waals surface area contributed by atoms with Gasteiger partial charge in [0.2, 0.25) is 0 Å². The molecular formula is C21H22O4.